The van der Waals surface area contributed by atoms with Gasteiger partial charge in [-0.15, -0.1) is 0 Å². The third kappa shape index (κ3) is 2.41. The van der Waals surface area contributed by atoms with E-state index in [-0.39, 0.29) is 0 Å². The molecule has 0 amide bonds. The summed E-state index contributed by atoms with van der Waals surface area (Å²) in [5.74, 6) is 0. The highest BCUT2D eigenvalue weighted by Crippen LogP contribution is 2.41. The summed E-state index contributed by atoms with van der Waals surface area (Å²) in [5, 5.41) is 5.39. The molecule has 102 valence electrons. The van der Waals surface area contributed by atoms with Crippen molar-refractivity contribution in [2.75, 3.05) is 24.9 Å². The van der Waals surface area contributed by atoms with Gasteiger partial charge in [0.25, 0.3) is 0 Å². The molecule has 0 atom stereocenters. The molecule has 19 heavy (non-hydrogen) atoms. The monoisotopic (exact) mass is 316 g/mol. The molecule has 0 unspecified atom stereocenters. The van der Waals surface area contributed by atoms with Gasteiger partial charge in [-0.25, -0.2) is 4.31 Å². The minimum absolute atomic E-state index is 0.659. The zero-order valence-electron chi connectivity index (χ0n) is 10.4. The number of rotatable bonds is 3. The number of aromatic nitrogens is 1. The predicted octanol–water partition coefficient (Wildman–Crippen LogP) is 3.48. The lowest BCUT2D eigenvalue weighted by Crippen LogP contribution is -2.29. The molecule has 1 aromatic carbocycles. The lowest BCUT2D eigenvalue weighted by molar-refractivity contribution is 0.460. The molecule has 3 rings (SSSR count). The number of hydrogen-bond acceptors (Lipinski definition) is 4. The van der Waals surface area contributed by atoms with E-state index in [2.05, 4.69) is 19.3 Å². The van der Waals surface area contributed by atoms with E-state index >= 15 is 0 Å². The highest BCUT2D eigenvalue weighted by atomic mass is 35.5. The second-order valence-electron chi connectivity index (χ2n) is 4.44. The molecule has 7 heteroatoms. The summed E-state index contributed by atoms with van der Waals surface area (Å²) >= 11 is 14.1. The molecule has 0 aliphatic carbocycles. The van der Waals surface area contributed by atoms with Gasteiger partial charge in [-0.3, -0.25) is 0 Å². The topological polar surface area (TPSA) is 43.1 Å². The van der Waals surface area contributed by atoms with Gasteiger partial charge in [0, 0.05) is 43.4 Å². The summed E-state index contributed by atoms with van der Waals surface area (Å²) in [7, 11) is 1.96. The van der Waals surface area contributed by atoms with E-state index in [1.807, 2.05) is 13.1 Å². The molecule has 0 fully saturated rings. The number of nitrogens with one attached hydrogen (secondary N) is 3. The number of anilines is 1. The first-order valence-electron chi connectivity index (χ1n) is 6.01. The minimum atomic E-state index is 0.659. The maximum absolute atomic E-state index is 6.32. The molecule has 2 heterocycles. The third-order valence-electron chi connectivity index (χ3n) is 3.18. The number of aromatic amines is 1. The molecule has 2 aromatic rings. The smallest absolute Gasteiger partial charge is 0.0742 e. The van der Waals surface area contributed by atoms with Crippen LogP contribution in [0, 0.1) is 0 Å². The van der Waals surface area contributed by atoms with Gasteiger partial charge in [-0.2, -0.15) is 0 Å². The van der Waals surface area contributed by atoms with Gasteiger partial charge in [0.1, 0.15) is 0 Å². The normalized spacial score (nSPS) is 15.5. The fourth-order valence-electron chi connectivity index (χ4n) is 2.22. The first kappa shape index (κ1) is 13.4. The van der Waals surface area contributed by atoms with Gasteiger partial charge in [0.2, 0.25) is 0 Å². The number of H-pyrrole nitrogens is 1. The summed E-state index contributed by atoms with van der Waals surface area (Å²) in [6, 6.07) is 2.00. The molecule has 1 aliphatic rings. The largest absolute Gasteiger partial charge is 0.358 e. The zero-order valence-corrected chi connectivity index (χ0v) is 12.7. The molecule has 1 aromatic heterocycles. The van der Waals surface area contributed by atoms with Crippen molar-refractivity contribution in [3.63, 3.8) is 0 Å². The Kier molecular flexibility index (Phi) is 3.82. The van der Waals surface area contributed by atoms with Crippen LogP contribution in [0.15, 0.2) is 12.3 Å². The Bertz CT molecular complexity index is 613. The third-order valence-corrected chi connectivity index (χ3v) is 4.64. The van der Waals surface area contributed by atoms with Crippen molar-refractivity contribution in [3.05, 3.63) is 27.9 Å². The molecule has 0 bridgehead atoms. The molecule has 1 aliphatic heterocycles. The van der Waals surface area contributed by atoms with Crippen LogP contribution in [0.25, 0.3) is 10.9 Å². The second kappa shape index (κ2) is 5.42. The van der Waals surface area contributed by atoms with Crippen LogP contribution >= 0.6 is 35.3 Å². The summed E-state index contributed by atoms with van der Waals surface area (Å²) < 4.78 is 5.63. The molecule has 0 saturated carbocycles. The lowest BCUT2D eigenvalue weighted by Gasteiger charge is -2.28. The molecule has 0 saturated heterocycles. The van der Waals surface area contributed by atoms with Crippen LogP contribution in [0.1, 0.15) is 5.56 Å². The molecular weight excluding hydrogens is 303 g/mol. The SMILES string of the molecule is CNCCN1Cc2cc(Cl)c3c(Cl)c[nH]c3c2NS1. The fraction of sp³-hybridized carbons (Fsp3) is 0.333. The van der Waals surface area contributed by atoms with Gasteiger partial charge < -0.3 is 15.0 Å². The highest BCUT2D eigenvalue weighted by molar-refractivity contribution is 7.98. The molecule has 0 radical (unpaired) electrons. The van der Waals surface area contributed by atoms with E-state index in [0.717, 1.165) is 36.2 Å². The van der Waals surface area contributed by atoms with Crippen molar-refractivity contribution in [2.45, 2.75) is 6.54 Å². The van der Waals surface area contributed by atoms with Crippen molar-refractivity contribution in [1.29, 1.82) is 0 Å². The van der Waals surface area contributed by atoms with Gasteiger partial charge in [-0.1, -0.05) is 23.2 Å². The van der Waals surface area contributed by atoms with E-state index in [4.69, 9.17) is 23.2 Å². The van der Waals surface area contributed by atoms with Crippen molar-refractivity contribution in [1.82, 2.24) is 14.6 Å². The quantitative estimate of drug-likeness (QED) is 0.758. The number of halogens is 2. The van der Waals surface area contributed by atoms with Crippen molar-refractivity contribution in [3.8, 4) is 0 Å². The Morgan fingerprint density at radius 2 is 2.26 bits per heavy atom. The van der Waals surface area contributed by atoms with Crippen molar-refractivity contribution in [2.24, 2.45) is 0 Å². The van der Waals surface area contributed by atoms with Crippen molar-refractivity contribution < 1.29 is 0 Å². The zero-order chi connectivity index (χ0) is 13.4. The Morgan fingerprint density at radius 3 is 3.05 bits per heavy atom. The van der Waals surface area contributed by atoms with Gasteiger partial charge in [-0.05, 0) is 18.7 Å². The summed E-state index contributed by atoms with van der Waals surface area (Å²) in [4.78, 5) is 3.19. The Morgan fingerprint density at radius 1 is 1.42 bits per heavy atom. The van der Waals surface area contributed by atoms with E-state index in [9.17, 15) is 0 Å². The van der Waals surface area contributed by atoms with Crippen molar-refractivity contribution >= 4 is 51.9 Å². The van der Waals surface area contributed by atoms with E-state index in [1.54, 1.807) is 18.3 Å². The van der Waals surface area contributed by atoms with E-state index in [1.165, 1.54) is 5.56 Å². The maximum Gasteiger partial charge on any atom is 0.0742 e. The van der Waals surface area contributed by atoms with E-state index in [0.29, 0.717) is 10.0 Å². The lowest BCUT2D eigenvalue weighted by atomic mass is 10.1. The molecular formula is C12H14Cl2N4S. The summed E-state index contributed by atoms with van der Waals surface area (Å²) in [6.07, 6.45) is 1.78. The summed E-state index contributed by atoms with van der Waals surface area (Å²) in [6.45, 7) is 2.78. The Labute approximate surface area is 126 Å². The van der Waals surface area contributed by atoms with Crippen LogP contribution < -0.4 is 10.0 Å². The van der Waals surface area contributed by atoms with Gasteiger partial charge >= 0.3 is 0 Å². The van der Waals surface area contributed by atoms with Crippen LogP contribution in [0.3, 0.4) is 0 Å². The average Bonchev–Trinajstić information content (AvgIpc) is 2.79. The standard InChI is InChI=1S/C12H14Cl2N4S/c1-15-2-3-18-6-7-4-8(13)10-9(14)5-16-12(10)11(7)17-19-18/h4-5,15-17H,2-3,6H2,1H3. The number of benzene rings is 1. The maximum atomic E-state index is 6.32. The molecule has 3 N–H and O–H groups in total. The molecule has 0 spiro atoms. The second-order valence-corrected chi connectivity index (χ2v) is 6.16. The molecule has 4 nitrogen and oxygen atoms in total. The van der Waals surface area contributed by atoms with Gasteiger partial charge in [0.15, 0.2) is 0 Å². The van der Waals surface area contributed by atoms with Gasteiger partial charge in [0.05, 0.1) is 21.2 Å². The minimum Gasteiger partial charge on any atom is -0.358 e. The van der Waals surface area contributed by atoms with E-state index < -0.39 is 0 Å². The van der Waals surface area contributed by atoms with Crippen LogP contribution in [0.5, 0.6) is 0 Å². The number of fused-ring (bicyclic) bond motifs is 3. The first-order valence-corrected chi connectivity index (χ1v) is 7.54. The Hall–Kier alpha value is -0.590. The predicted molar refractivity (Wildman–Crippen MR) is 83.9 cm³/mol. The number of nitrogens with zero attached hydrogens (tertiary/aromatic N) is 1. The Balaban J connectivity index is 1.98. The average molecular weight is 317 g/mol. The van der Waals surface area contributed by atoms with Crippen LogP contribution in [-0.2, 0) is 6.54 Å². The summed E-state index contributed by atoms with van der Waals surface area (Å²) in [5.41, 5.74) is 3.25. The fourth-order valence-corrected chi connectivity index (χ4v) is 3.69. The first-order chi connectivity index (χ1) is 9.20. The number of hydrogen-bond donors (Lipinski definition) is 3. The van der Waals surface area contributed by atoms with Crippen LogP contribution in [-0.4, -0.2) is 29.4 Å². The highest BCUT2D eigenvalue weighted by Gasteiger charge is 2.21. The number of likely N-dealkylation sites (N-methyl/N-ethyl adjacent to an activating group) is 1. The van der Waals surface area contributed by atoms with Crippen LogP contribution in [0.2, 0.25) is 10.0 Å². The van der Waals surface area contributed by atoms with Crippen LogP contribution in [0.4, 0.5) is 5.69 Å².